The molecule has 4 atom stereocenters. The van der Waals surface area contributed by atoms with Crippen LogP contribution >= 0.6 is 11.6 Å². The molecular weight excluding hydrogens is 615 g/mol. The van der Waals surface area contributed by atoms with Crippen molar-refractivity contribution in [3.05, 3.63) is 77.0 Å². The summed E-state index contributed by atoms with van der Waals surface area (Å²) >= 11 is 5.81. The molecule has 45 heavy (non-hydrogen) atoms. The van der Waals surface area contributed by atoms with Crippen LogP contribution in [0.3, 0.4) is 0 Å². The van der Waals surface area contributed by atoms with E-state index >= 15 is 0 Å². The Balaban J connectivity index is 1.10. The number of hydrogen-bond acceptors (Lipinski definition) is 10. The lowest BCUT2D eigenvalue weighted by atomic mass is 10.0. The van der Waals surface area contributed by atoms with E-state index in [-0.39, 0.29) is 28.5 Å². The molecule has 4 aromatic rings. The van der Waals surface area contributed by atoms with Crippen molar-refractivity contribution < 1.29 is 28.2 Å². The van der Waals surface area contributed by atoms with Gasteiger partial charge in [0.15, 0.2) is 5.82 Å². The Morgan fingerprint density at radius 2 is 1.84 bits per heavy atom. The van der Waals surface area contributed by atoms with Gasteiger partial charge in [0, 0.05) is 67.5 Å². The van der Waals surface area contributed by atoms with Gasteiger partial charge in [0.25, 0.3) is 12.3 Å². The summed E-state index contributed by atoms with van der Waals surface area (Å²) in [5.74, 6) is -1.19. The molecule has 0 saturated carbocycles. The van der Waals surface area contributed by atoms with Crippen LogP contribution in [-0.2, 0) is 0 Å². The zero-order valence-electron chi connectivity index (χ0n) is 23.9. The molecule has 5 heterocycles. The van der Waals surface area contributed by atoms with Gasteiger partial charge in [0.05, 0.1) is 53.2 Å². The van der Waals surface area contributed by atoms with Crippen LogP contribution < -0.4 is 10.2 Å². The van der Waals surface area contributed by atoms with Crippen molar-refractivity contribution in [1.82, 2.24) is 34.6 Å². The number of benzene rings is 1. The molecule has 3 N–H and O–H groups in total. The summed E-state index contributed by atoms with van der Waals surface area (Å²) < 4.78 is 43.5. The minimum atomic E-state index is -3.00. The SMILES string of the molecule is CC(c1cnc(N2CC[C@H]2CN2C[C@@H](O)[C@@H](O)C2)nc1)n1cc(NC(=O)c2cncc(-c3c(C(F)F)ccc(Cl)c3F)n2)cn1. The number of carbonyl (C=O) groups excluding carboxylic acids is 1. The molecule has 0 bridgehead atoms. The van der Waals surface area contributed by atoms with E-state index in [2.05, 4.69) is 35.3 Å². The maximum Gasteiger partial charge on any atom is 0.275 e. The van der Waals surface area contributed by atoms with Gasteiger partial charge < -0.3 is 20.4 Å². The van der Waals surface area contributed by atoms with Gasteiger partial charge in [0.2, 0.25) is 5.95 Å². The highest BCUT2D eigenvalue weighted by Crippen LogP contribution is 2.35. The molecule has 0 aliphatic carbocycles. The number of amides is 1. The molecule has 1 unspecified atom stereocenters. The number of rotatable bonds is 9. The second-order valence-electron chi connectivity index (χ2n) is 11.1. The zero-order valence-corrected chi connectivity index (χ0v) is 24.7. The molecule has 16 heteroatoms. The van der Waals surface area contributed by atoms with E-state index in [1.165, 1.54) is 6.20 Å². The van der Waals surface area contributed by atoms with E-state index in [1.807, 2.05) is 11.8 Å². The minimum Gasteiger partial charge on any atom is -0.389 e. The topological polar surface area (TPSA) is 145 Å². The number of aliphatic hydroxyl groups excluding tert-OH is 2. The standard InChI is InChI=1S/C29H29ClF3N9O3/c1-15(16-6-35-29(36-7-16)41-5-4-18(41)12-40-13-23(43)24(44)14-40)42-11-17(8-37-42)38-28(45)22-10-34-9-21(39-22)25-19(27(32)33)2-3-20(30)26(25)31/h2-3,6-11,15,18,23-24,27,43-44H,4-5,12-14H2,1H3,(H,38,45)/t15?,18-,23-,24+/m0/s1. The average molecular weight is 644 g/mol. The predicted molar refractivity (Wildman–Crippen MR) is 158 cm³/mol. The normalized spacial score (nSPS) is 20.8. The molecule has 6 rings (SSSR count). The Hall–Kier alpha value is -4.18. The van der Waals surface area contributed by atoms with Crippen molar-refractivity contribution in [2.75, 3.05) is 36.4 Å². The van der Waals surface area contributed by atoms with Crippen molar-refractivity contribution in [2.45, 2.75) is 44.1 Å². The van der Waals surface area contributed by atoms with Crippen molar-refractivity contribution in [2.24, 2.45) is 0 Å². The third kappa shape index (κ3) is 6.33. The third-order valence-electron chi connectivity index (χ3n) is 8.09. The van der Waals surface area contributed by atoms with Crippen LogP contribution in [0.1, 0.15) is 47.4 Å². The first-order valence-electron chi connectivity index (χ1n) is 14.2. The van der Waals surface area contributed by atoms with Crippen LogP contribution in [0.25, 0.3) is 11.3 Å². The van der Waals surface area contributed by atoms with Crippen molar-refractivity contribution in [1.29, 1.82) is 0 Å². The number of anilines is 2. The number of β-amino-alcohol motifs (C(OH)–C–C–N with tert-alkyl or cyclic N) is 2. The summed E-state index contributed by atoms with van der Waals surface area (Å²) in [4.78, 5) is 34.2. The van der Waals surface area contributed by atoms with Crippen LogP contribution in [0.4, 0.5) is 24.8 Å². The average Bonchev–Trinajstić information content (AvgIpc) is 3.61. The van der Waals surface area contributed by atoms with Crippen LogP contribution in [0.15, 0.2) is 49.3 Å². The van der Waals surface area contributed by atoms with Gasteiger partial charge in [-0.15, -0.1) is 0 Å². The largest absolute Gasteiger partial charge is 0.389 e. The maximum absolute atomic E-state index is 14.7. The predicted octanol–water partition coefficient (Wildman–Crippen LogP) is 3.34. The fourth-order valence-corrected chi connectivity index (χ4v) is 5.61. The van der Waals surface area contributed by atoms with Gasteiger partial charge in [-0.3, -0.25) is 19.4 Å². The molecule has 1 amide bonds. The molecule has 236 valence electrons. The second kappa shape index (κ2) is 12.7. The summed E-state index contributed by atoms with van der Waals surface area (Å²) in [5.41, 5.74) is -0.518. The number of hydrogen-bond donors (Lipinski definition) is 3. The summed E-state index contributed by atoms with van der Waals surface area (Å²) in [5, 5.41) is 26.2. The van der Waals surface area contributed by atoms with Gasteiger partial charge >= 0.3 is 0 Å². The quantitative estimate of drug-likeness (QED) is 0.248. The number of carbonyl (C=O) groups is 1. The smallest absolute Gasteiger partial charge is 0.275 e. The molecule has 3 aromatic heterocycles. The first-order valence-corrected chi connectivity index (χ1v) is 14.6. The lowest BCUT2D eigenvalue weighted by Gasteiger charge is -2.42. The highest BCUT2D eigenvalue weighted by atomic mass is 35.5. The lowest BCUT2D eigenvalue weighted by Crippen LogP contribution is -2.54. The van der Waals surface area contributed by atoms with Gasteiger partial charge in [-0.05, 0) is 19.4 Å². The Bertz CT molecular complexity index is 1680. The number of likely N-dealkylation sites (tertiary alicyclic amines) is 1. The summed E-state index contributed by atoms with van der Waals surface area (Å²) in [6.07, 6.45) is 5.21. The zero-order chi connectivity index (χ0) is 31.8. The Morgan fingerprint density at radius 3 is 2.51 bits per heavy atom. The van der Waals surface area contributed by atoms with Gasteiger partial charge in [0.1, 0.15) is 5.69 Å². The molecular formula is C29H29ClF3N9O3. The van der Waals surface area contributed by atoms with Gasteiger partial charge in [-0.25, -0.2) is 28.1 Å². The minimum absolute atomic E-state index is 0.198. The van der Waals surface area contributed by atoms with Crippen molar-refractivity contribution >= 4 is 29.1 Å². The van der Waals surface area contributed by atoms with Crippen LogP contribution in [0.5, 0.6) is 0 Å². The van der Waals surface area contributed by atoms with E-state index in [1.54, 1.807) is 23.3 Å². The Kier molecular flexibility index (Phi) is 8.68. The fraction of sp³-hybridized carbons (Fsp3) is 0.379. The molecule has 0 spiro atoms. The number of alkyl halides is 2. The second-order valence-corrected chi connectivity index (χ2v) is 11.5. The van der Waals surface area contributed by atoms with Gasteiger partial charge in [-0.1, -0.05) is 17.7 Å². The lowest BCUT2D eigenvalue weighted by molar-refractivity contribution is 0.0572. The van der Waals surface area contributed by atoms with Crippen molar-refractivity contribution in [3.63, 3.8) is 0 Å². The number of nitrogens with one attached hydrogen (secondary N) is 1. The molecule has 2 saturated heterocycles. The van der Waals surface area contributed by atoms with Crippen molar-refractivity contribution in [3.8, 4) is 11.3 Å². The molecule has 0 radical (unpaired) electrons. The monoisotopic (exact) mass is 643 g/mol. The highest BCUT2D eigenvalue weighted by molar-refractivity contribution is 6.31. The van der Waals surface area contributed by atoms with Crippen LogP contribution in [0, 0.1) is 5.82 Å². The number of nitrogens with zero attached hydrogens (tertiary/aromatic N) is 8. The molecule has 2 aliphatic heterocycles. The highest BCUT2D eigenvalue weighted by Gasteiger charge is 2.36. The molecule has 2 aliphatic rings. The maximum atomic E-state index is 14.7. The fourth-order valence-electron chi connectivity index (χ4n) is 5.45. The summed E-state index contributed by atoms with van der Waals surface area (Å²) in [6.45, 7) is 4.31. The van der Waals surface area contributed by atoms with E-state index in [4.69, 9.17) is 11.6 Å². The Morgan fingerprint density at radius 1 is 1.11 bits per heavy atom. The van der Waals surface area contributed by atoms with Crippen LogP contribution in [-0.4, -0.2) is 95.2 Å². The molecule has 2 fully saturated rings. The Labute approximate surface area is 260 Å². The molecule has 1 aromatic carbocycles. The molecule has 12 nitrogen and oxygen atoms in total. The summed E-state index contributed by atoms with van der Waals surface area (Å²) in [7, 11) is 0. The number of aromatic nitrogens is 6. The summed E-state index contributed by atoms with van der Waals surface area (Å²) in [6, 6.07) is 1.95. The first-order chi connectivity index (χ1) is 21.6. The van der Waals surface area contributed by atoms with E-state index in [0.717, 1.165) is 43.1 Å². The van der Waals surface area contributed by atoms with Gasteiger partial charge in [-0.2, -0.15) is 5.10 Å². The number of aliphatic hydroxyl groups is 2. The third-order valence-corrected chi connectivity index (χ3v) is 8.38. The van der Waals surface area contributed by atoms with E-state index in [9.17, 15) is 28.2 Å². The number of halogens is 4. The van der Waals surface area contributed by atoms with E-state index < -0.39 is 41.5 Å². The van der Waals surface area contributed by atoms with E-state index in [0.29, 0.717) is 31.3 Å². The van der Waals surface area contributed by atoms with Crippen LogP contribution in [0.2, 0.25) is 5.02 Å². The first kappa shape index (κ1) is 30.8.